The van der Waals surface area contributed by atoms with E-state index >= 15 is 0 Å². The highest BCUT2D eigenvalue weighted by Gasteiger charge is 2.16. The Hall–Kier alpha value is -1.06. The summed E-state index contributed by atoms with van der Waals surface area (Å²) in [7, 11) is 0. The van der Waals surface area contributed by atoms with Crippen LogP contribution in [-0.2, 0) is 11.2 Å². The number of hydrogen-bond donors (Lipinski definition) is 1. The lowest BCUT2D eigenvalue weighted by atomic mass is 10.2. The first-order valence-corrected chi connectivity index (χ1v) is 7.53. The molecule has 1 heterocycles. The highest BCUT2D eigenvalue weighted by atomic mass is 16.5. The molecule has 19 heavy (non-hydrogen) atoms. The van der Waals surface area contributed by atoms with E-state index in [9.17, 15) is 0 Å². The highest BCUT2D eigenvalue weighted by Crippen LogP contribution is 2.26. The lowest BCUT2D eigenvalue weighted by Crippen LogP contribution is -2.31. The molecule has 0 aliphatic carbocycles. The average Bonchev–Trinajstić information content (AvgIpc) is 2.85. The Bertz CT molecular complexity index is 368. The van der Waals surface area contributed by atoms with Crippen molar-refractivity contribution in [2.24, 2.45) is 0 Å². The van der Waals surface area contributed by atoms with Crippen LogP contribution in [0.25, 0.3) is 0 Å². The summed E-state index contributed by atoms with van der Waals surface area (Å²) in [6.07, 6.45) is 3.56. The van der Waals surface area contributed by atoms with Gasteiger partial charge in [0, 0.05) is 38.5 Å². The second kappa shape index (κ2) is 8.18. The van der Waals surface area contributed by atoms with Crippen LogP contribution in [-0.4, -0.2) is 39.4 Å². The van der Waals surface area contributed by atoms with Crippen molar-refractivity contribution in [3.63, 3.8) is 0 Å². The first-order chi connectivity index (χ1) is 9.42. The fourth-order valence-corrected chi connectivity index (χ4v) is 2.58. The van der Waals surface area contributed by atoms with Crippen LogP contribution in [0.4, 0.5) is 5.69 Å². The molecule has 0 fully saturated rings. The third-order valence-corrected chi connectivity index (χ3v) is 3.64. The first-order valence-electron chi connectivity index (χ1n) is 7.53. The summed E-state index contributed by atoms with van der Waals surface area (Å²) in [5.74, 6) is 0. The summed E-state index contributed by atoms with van der Waals surface area (Å²) >= 11 is 0. The molecule has 0 saturated heterocycles. The Labute approximate surface area is 116 Å². The SMILES string of the molecule is CCOCCCCNCCN1CCc2ccccc21. The van der Waals surface area contributed by atoms with Crippen LogP contribution in [0.15, 0.2) is 24.3 Å². The van der Waals surface area contributed by atoms with E-state index in [-0.39, 0.29) is 0 Å². The van der Waals surface area contributed by atoms with Crippen LogP contribution in [0.5, 0.6) is 0 Å². The van der Waals surface area contributed by atoms with Crippen LogP contribution in [0.3, 0.4) is 0 Å². The standard InChI is InChI=1S/C16H26N2O/c1-2-19-14-6-5-10-17-11-13-18-12-9-15-7-3-4-8-16(15)18/h3-4,7-8,17H,2,5-6,9-14H2,1H3. The third kappa shape index (κ3) is 4.51. The van der Waals surface area contributed by atoms with Crippen molar-refractivity contribution in [3.8, 4) is 0 Å². The molecule has 1 aromatic carbocycles. The molecule has 0 amide bonds. The molecule has 106 valence electrons. The Kier molecular flexibility index (Phi) is 6.18. The van der Waals surface area contributed by atoms with Gasteiger partial charge in [0.15, 0.2) is 0 Å². The summed E-state index contributed by atoms with van der Waals surface area (Å²) in [6.45, 7) is 8.24. The first kappa shape index (κ1) is 14.4. The van der Waals surface area contributed by atoms with Crippen molar-refractivity contribution >= 4 is 5.69 Å². The predicted molar refractivity (Wildman–Crippen MR) is 81.0 cm³/mol. The number of ether oxygens (including phenoxy) is 1. The summed E-state index contributed by atoms with van der Waals surface area (Å²) in [5.41, 5.74) is 2.93. The number of nitrogens with zero attached hydrogens (tertiary/aromatic N) is 1. The molecule has 3 heteroatoms. The van der Waals surface area contributed by atoms with Gasteiger partial charge in [-0.25, -0.2) is 0 Å². The minimum absolute atomic E-state index is 0.835. The number of rotatable bonds is 9. The van der Waals surface area contributed by atoms with Gasteiger partial charge in [0.1, 0.15) is 0 Å². The Morgan fingerprint density at radius 2 is 2.11 bits per heavy atom. The second-order valence-electron chi connectivity index (χ2n) is 5.02. The van der Waals surface area contributed by atoms with Crippen LogP contribution in [0.1, 0.15) is 25.3 Å². The van der Waals surface area contributed by atoms with E-state index in [2.05, 4.69) is 34.5 Å². The van der Waals surface area contributed by atoms with E-state index in [1.807, 2.05) is 6.92 Å². The van der Waals surface area contributed by atoms with E-state index < -0.39 is 0 Å². The van der Waals surface area contributed by atoms with Crippen molar-refractivity contribution in [1.82, 2.24) is 5.32 Å². The smallest absolute Gasteiger partial charge is 0.0466 e. The van der Waals surface area contributed by atoms with Gasteiger partial charge in [-0.1, -0.05) is 18.2 Å². The minimum atomic E-state index is 0.835. The molecule has 3 nitrogen and oxygen atoms in total. The summed E-state index contributed by atoms with van der Waals surface area (Å²) < 4.78 is 5.32. The van der Waals surface area contributed by atoms with Gasteiger partial charge in [-0.05, 0) is 44.4 Å². The number of fused-ring (bicyclic) bond motifs is 1. The van der Waals surface area contributed by atoms with E-state index in [0.29, 0.717) is 0 Å². The van der Waals surface area contributed by atoms with Gasteiger partial charge >= 0.3 is 0 Å². The minimum Gasteiger partial charge on any atom is -0.382 e. The maximum absolute atomic E-state index is 5.32. The number of para-hydroxylation sites is 1. The molecule has 0 unspecified atom stereocenters. The molecule has 0 spiro atoms. The van der Waals surface area contributed by atoms with Gasteiger partial charge in [-0.15, -0.1) is 0 Å². The zero-order valence-electron chi connectivity index (χ0n) is 12.0. The second-order valence-corrected chi connectivity index (χ2v) is 5.02. The van der Waals surface area contributed by atoms with Gasteiger partial charge < -0.3 is 15.0 Å². The van der Waals surface area contributed by atoms with Gasteiger partial charge in [0.05, 0.1) is 0 Å². The quantitative estimate of drug-likeness (QED) is 0.692. The van der Waals surface area contributed by atoms with Crippen molar-refractivity contribution in [3.05, 3.63) is 29.8 Å². The van der Waals surface area contributed by atoms with E-state index in [0.717, 1.165) is 39.3 Å². The van der Waals surface area contributed by atoms with Crippen LogP contribution in [0, 0.1) is 0 Å². The molecule has 0 aromatic heterocycles. The largest absolute Gasteiger partial charge is 0.382 e. The predicted octanol–water partition coefficient (Wildman–Crippen LogP) is 2.46. The number of nitrogens with one attached hydrogen (secondary N) is 1. The number of hydrogen-bond acceptors (Lipinski definition) is 3. The maximum Gasteiger partial charge on any atom is 0.0466 e. The van der Waals surface area contributed by atoms with Gasteiger partial charge in [0.25, 0.3) is 0 Å². The van der Waals surface area contributed by atoms with Gasteiger partial charge in [-0.3, -0.25) is 0 Å². The molecule has 0 bridgehead atoms. The molecule has 0 saturated carbocycles. The summed E-state index contributed by atoms with van der Waals surface area (Å²) in [4.78, 5) is 2.49. The van der Waals surface area contributed by atoms with Crippen molar-refractivity contribution in [1.29, 1.82) is 0 Å². The monoisotopic (exact) mass is 262 g/mol. The number of benzene rings is 1. The molecule has 0 atom stereocenters. The molecular weight excluding hydrogens is 236 g/mol. The Balaban J connectivity index is 1.55. The normalized spacial score (nSPS) is 13.8. The van der Waals surface area contributed by atoms with Crippen LogP contribution < -0.4 is 10.2 Å². The van der Waals surface area contributed by atoms with Crippen molar-refractivity contribution < 1.29 is 4.74 Å². The zero-order valence-corrected chi connectivity index (χ0v) is 12.0. The maximum atomic E-state index is 5.32. The molecule has 1 N–H and O–H groups in total. The molecule has 1 aromatic rings. The number of anilines is 1. The lowest BCUT2D eigenvalue weighted by molar-refractivity contribution is 0.143. The summed E-state index contributed by atoms with van der Waals surface area (Å²) in [6, 6.07) is 8.76. The zero-order chi connectivity index (χ0) is 13.3. The van der Waals surface area contributed by atoms with Crippen LogP contribution in [0.2, 0.25) is 0 Å². The fraction of sp³-hybridized carbons (Fsp3) is 0.625. The topological polar surface area (TPSA) is 24.5 Å². The van der Waals surface area contributed by atoms with Gasteiger partial charge in [0.2, 0.25) is 0 Å². The van der Waals surface area contributed by atoms with Crippen LogP contribution >= 0.6 is 0 Å². The van der Waals surface area contributed by atoms with E-state index in [1.54, 1.807) is 0 Å². The Morgan fingerprint density at radius 3 is 3.00 bits per heavy atom. The molecule has 1 aliphatic rings. The molecule has 0 radical (unpaired) electrons. The Morgan fingerprint density at radius 1 is 1.21 bits per heavy atom. The summed E-state index contributed by atoms with van der Waals surface area (Å²) in [5, 5.41) is 3.52. The van der Waals surface area contributed by atoms with E-state index in [1.165, 1.54) is 30.6 Å². The molecular formula is C16H26N2O. The number of unbranched alkanes of at least 4 members (excludes halogenated alkanes) is 1. The van der Waals surface area contributed by atoms with Crippen molar-refractivity contribution in [2.45, 2.75) is 26.2 Å². The fourth-order valence-electron chi connectivity index (χ4n) is 2.58. The highest BCUT2D eigenvalue weighted by molar-refractivity contribution is 5.57. The van der Waals surface area contributed by atoms with Crippen molar-refractivity contribution in [2.75, 3.05) is 44.3 Å². The third-order valence-electron chi connectivity index (χ3n) is 3.64. The molecule has 1 aliphatic heterocycles. The lowest BCUT2D eigenvalue weighted by Gasteiger charge is -2.19. The molecule has 2 rings (SSSR count). The average molecular weight is 262 g/mol. The van der Waals surface area contributed by atoms with Gasteiger partial charge in [-0.2, -0.15) is 0 Å². The van der Waals surface area contributed by atoms with E-state index in [4.69, 9.17) is 4.74 Å².